The van der Waals surface area contributed by atoms with Crippen LogP contribution in [0.1, 0.15) is 41.5 Å². The SMILES string of the molecule is CC(C)(C)[S@+]([O-])/N=C/[C@@H](COc1ccccc1)O[Si](C)(C)C(C)(C)C. The number of hydrogen-bond donors (Lipinski definition) is 0. The summed E-state index contributed by atoms with van der Waals surface area (Å²) in [5.41, 5.74) is 0. The Kier molecular flexibility index (Phi) is 7.74. The predicted octanol–water partition coefficient (Wildman–Crippen LogP) is 4.99. The van der Waals surface area contributed by atoms with Gasteiger partial charge in [-0.25, -0.2) is 0 Å². The van der Waals surface area contributed by atoms with Crippen molar-refractivity contribution < 1.29 is 13.7 Å². The Morgan fingerprint density at radius 2 is 1.68 bits per heavy atom. The van der Waals surface area contributed by atoms with E-state index in [1.54, 1.807) is 6.21 Å². The van der Waals surface area contributed by atoms with Crippen molar-refractivity contribution in [2.24, 2.45) is 4.40 Å². The van der Waals surface area contributed by atoms with Crippen molar-refractivity contribution >= 4 is 25.9 Å². The van der Waals surface area contributed by atoms with E-state index in [-0.39, 0.29) is 11.1 Å². The van der Waals surface area contributed by atoms with Gasteiger partial charge in [0.25, 0.3) is 0 Å². The fourth-order valence-electron chi connectivity index (χ4n) is 1.64. The monoisotopic (exact) mass is 383 g/mol. The van der Waals surface area contributed by atoms with Gasteiger partial charge >= 0.3 is 0 Å². The summed E-state index contributed by atoms with van der Waals surface area (Å²) in [7, 11) is -1.99. The molecular formula is C19H33NO3SSi. The van der Waals surface area contributed by atoms with E-state index in [4.69, 9.17) is 9.16 Å². The molecule has 1 rings (SSSR count). The highest BCUT2D eigenvalue weighted by Gasteiger charge is 2.39. The molecule has 2 atom stereocenters. The van der Waals surface area contributed by atoms with Gasteiger partial charge in [0.1, 0.15) is 34.6 Å². The summed E-state index contributed by atoms with van der Waals surface area (Å²) in [5.74, 6) is 0.789. The van der Waals surface area contributed by atoms with Crippen LogP contribution in [0.15, 0.2) is 34.7 Å². The first kappa shape index (κ1) is 22.2. The van der Waals surface area contributed by atoms with E-state index < -0.39 is 24.4 Å². The average molecular weight is 384 g/mol. The zero-order valence-corrected chi connectivity index (χ0v) is 18.6. The van der Waals surface area contributed by atoms with E-state index in [1.807, 2.05) is 51.1 Å². The highest BCUT2D eigenvalue weighted by Crippen LogP contribution is 2.37. The third kappa shape index (κ3) is 7.52. The molecule has 25 heavy (non-hydrogen) atoms. The Bertz CT molecular complexity index is 550. The molecular weight excluding hydrogens is 350 g/mol. The maximum atomic E-state index is 12.2. The second kappa shape index (κ2) is 8.71. The molecule has 0 aliphatic heterocycles. The van der Waals surface area contributed by atoms with Gasteiger partial charge in [-0.1, -0.05) is 43.4 Å². The van der Waals surface area contributed by atoms with E-state index in [1.165, 1.54) is 0 Å². The maximum Gasteiger partial charge on any atom is 0.193 e. The second-order valence-electron chi connectivity index (χ2n) is 8.66. The third-order valence-corrected chi connectivity index (χ3v) is 10.1. The van der Waals surface area contributed by atoms with E-state index >= 15 is 0 Å². The first-order valence-electron chi connectivity index (χ1n) is 8.65. The first-order chi connectivity index (χ1) is 11.3. The van der Waals surface area contributed by atoms with E-state index in [2.05, 4.69) is 38.3 Å². The number of hydrogen-bond acceptors (Lipinski definition) is 4. The topological polar surface area (TPSA) is 53.9 Å². The number of rotatable bonds is 7. The molecule has 6 heteroatoms. The van der Waals surface area contributed by atoms with Gasteiger partial charge in [-0.2, -0.15) is 0 Å². The fourth-order valence-corrected chi connectivity index (χ4v) is 3.44. The molecule has 0 bridgehead atoms. The molecule has 4 nitrogen and oxygen atoms in total. The molecule has 0 aromatic heterocycles. The summed E-state index contributed by atoms with van der Waals surface area (Å²) >= 11 is -1.31. The van der Waals surface area contributed by atoms with Crippen LogP contribution in [-0.4, -0.2) is 36.5 Å². The lowest BCUT2D eigenvalue weighted by molar-refractivity contribution is 0.166. The van der Waals surface area contributed by atoms with Crippen LogP contribution in [-0.2, 0) is 15.8 Å². The largest absolute Gasteiger partial charge is 0.591 e. The van der Waals surface area contributed by atoms with Crippen molar-refractivity contribution in [3.63, 3.8) is 0 Å². The molecule has 0 fully saturated rings. The summed E-state index contributed by atoms with van der Waals surface area (Å²) in [6.07, 6.45) is 1.33. The minimum absolute atomic E-state index is 0.0784. The molecule has 0 spiro atoms. The summed E-state index contributed by atoms with van der Waals surface area (Å²) in [4.78, 5) is 0. The summed E-state index contributed by atoms with van der Waals surface area (Å²) < 4.78 is 28.4. The van der Waals surface area contributed by atoms with Crippen molar-refractivity contribution in [2.75, 3.05) is 6.61 Å². The lowest BCUT2D eigenvalue weighted by Gasteiger charge is -2.38. The molecule has 0 aliphatic carbocycles. The van der Waals surface area contributed by atoms with E-state index in [0.29, 0.717) is 6.61 Å². The van der Waals surface area contributed by atoms with Crippen LogP contribution in [0, 0.1) is 0 Å². The minimum atomic E-state index is -1.99. The maximum absolute atomic E-state index is 12.2. The lowest BCUT2D eigenvalue weighted by Crippen LogP contribution is -2.46. The quantitative estimate of drug-likeness (QED) is 0.379. The zero-order valence-electron chi connectivity index (χ0n) is 16.8. The number of benzene rings is 1. The second-order valence-corrected chi connectivity index (χ2v) is 15.3. The molecule has 0 saturated carbocycles. The van der Waals surface area contributed by atoms with Crippen molar-refractivity contribution in [2.45, 2.75) is 70.5 Å². The highest BCUT2D eigenvalue weighted by atomic mass is 32.2. The fraction of sp³-hybridized carbons (Fsp3) is 0.632. The van der Waals surface area contributed by atoms with Crippen LogP contribution in [0.3, 0.4) is 0 Å². The van der Waals surface area contributed by atoms with Crippen LogP contribution < -0.4 is 4.74 Å². The lowest BCUT2D eigenvalue weighted by atomic mass is 10.2. The van der Waals surface area contributed by atoms with Crippen molar-refractivity contribution in [3.8, 4) is 5.75 Å². The van der Waals surface area contributed by atoms with Crippen LogP contribution >= 0.6 is 0 Å². The van der Waals surface area contributed by atoms with Crippen molar-refractivity contribution in [1.29, 1.82) is 0 Å². The Hall–Kier alpha value is -0.823. The van der Waals surface area contributed by atoms with E-state index in [0.717, 1.165) is 5.75 Å². The number of ether oxygens (including phenoxy) is 1. The average Bonchev–Trinajstić information content (AvgIpc) is 2.48. The van der Waals surface area contributed by atoms with Crippen LogP contribution in [0.2, 0.25) is 18.1 Å². The van der Waals surface area contributed by atoms with Gasteiger partial charge in [-0.05, 0) is 51.0 Å². The summed E-state index contributed by atoms with van der Waals surface area (Å²) in [6, 6.07) is 9.63. The summed E-state index contributed by atoms with van der Waals surface area (Å²) in [6.45, 7) is 17.0. The minimum Gasteiger partial charge on any atom is -0.591 e. The van der Waals surface area contributed by atoms with Crippen LogP contribution in [0.5, 0.6) is 5.75 Å². The molecule has 1 aromatic carbocycles. The molecule has 0 unspecified atom stereocenters. The zero-order chi connectivity index (χ0) is 19.3. The highest BCUT2D eigenvalue weighted by molar-refractivity contribution is 7.91. The molecule has 0 radical (unpaired) electrons. The van der Waals surface area contributed by atoms with Crippen LogP contribution in [0.4, 0.5) is 0 Å². The number of nitrogens with zero attached hydrogens (tertiary/aromatic N) is 1. The Balaban J connectivity index is 2.88. The van der Waals surface area contributed by atoms with Gasteiger partial charge < -0.3 is 13.7 Å². The van der Waals surface area contributed by atoms with Gasteiger partial charge in [0.15, 0.2) is 8.32 Å². The molecule has 142 valence electrons. The van der Waals surface area contributed by atoms with E-state index in [9.17, 15) is 4.55 Å². The van der Waals surface area contributed by atoms with Crippen molar-refractivity contribution in [1.82, 2.24) is 0 Å². The Labute approximate surface area is 157 Å². The molecule has 0 saturated heterocycles. The smallest absolute Gasteiger partial charge is 0.193 e. The Morgan fingerprint density at radius 1 is 1.12 bits per heavy atom. The molecule has 0 amide bonds. The molecule has 0 N–H and O–H groups in total. The summed E-state index contributed by atoms with van der Waals surface area (Å²) in [5, 5.41) is 0.0784. The Morgan fingerprint density at radius 3 is 2.16 bits per heavy atom. The van der Waals surface area contributed by atoms with Gasteiger partial charge in [0, 0.05) is 0 Å². The predicted molar refractivity (Wildman–Crippen MR) is 110 cm³/mol. The standard InChI is InChI=1S/C19H33NO3SSi/c1-18(2,3)24(21)20-14-17(23-25(7,8)19(4,5)6)15-22-16-12-10-9-11-13-16/h9-14,17H,15H2,1-8H3/b20-14+/t17-,24-/m0/s1. The van der Waals surface area contributed by atoms with Crippen LogP contribution in [0.25, 0.3) is 0 Å². The van der Waals surface area contributed by atoms with Crippen molar-refractivity contribution in [3.05, 3.63) is 30.3 Å². The van der Waals surface area contributed by atoms with Gasteiger partial charge in [-0.3, -0.25) is 0 Å². The number of para-hydroxylation sites is 1. The molecule has 0 heterocycles. The van der Waals surface area contributed by atoms with Gasteiger partial charge in [0.05, 0.1) is 6.21 Å². The van der Waals surface area contributed by atoms with Gasteiger partial charge in [0.2, 0.25) is 0 Å². The molecule has 1 aromatic rings. The normalized spacial score (nSPS) is 16.0. The third-order valence-electron chi connectivity index (χ3n) is 4.26. The van der Waals surface area contributed by atoms with Gasteiger partial charge in [-0.15, -0.1) is 0 Å². The molecule has 0 aliphatic rings. The first-order valence-corrected chi connectivity index (χ1v) is 12.7.